The van der Waals surface area contributed by atoms with Gasteiger partial charge in [-0.05, 0) is 40.5 Å². The molecule has 3 aliphatic heterocycles. The van der Waals surface area contributed by atoms with Crippen molar-refractivity contribution in [2.75, 3.05) is 31.7 Å². The van der Waals surface area contributed by atoms with Gasteiger partial charge in [-0.3, -0.25) is 0 Å². The SMILES string of the molecule is CCCCP(=O)(CCCC)CCO[C@@H]1[C@H]2OC(C)(C)O[C@H]2O[C@@H]1[C@H]1COC(C)(C)O1. The van der Waals surface area contributed by atoms with E-state index >= 15 is 0 Å². The van der Waals surface area contributed by atoms with Crippen LogP contribution in [0.2, 0.25) is 0 Å². The van der Waals surface area contributed by atoms with Gasteiger partial charge in [0.2, 0.25) is 0 Å². The van der Waals surface area contributed by atoms with Crippen molar-refractivity contribution in [3.05, 3.63) is 0 Å². The molecule has 0 aliphatic carbocycles. The van der Waals surface area contributed by atoms with Gasteiger partial charge in [0.1, 0.15) is 24.4 Å². The fourth-order valence-electron chi connectivity index (χ4n) is 4.45. The van der Waals surface area contributed by atoms with Crippen LogP contribution in [0.25, 0.3) is 0 Å². The summed E-state index contributed by atoms with van der Waals surface area (Å²) in [6.07, 6.45) is 4.61. The molecule has 3 aliphatic rings. The molecule has 3 rings (SSSR count). The second-order valence-corrected chi connectivity index (χ2v) is 13.2. The van der Waals surface area contributed by atoms with Crippen molar-refractivity contribution >= 4 is 7.14 Å². The average Bonchev–Trinajstić information content (AvgIpc) is 3.28. The van der Waals surface area contributed by atoms with Crippen molar-refractivity contribution in [3.8, 4) is 0 Å². The Balaban J connectivity index is 1.64. The Bertz CT molecular complexity index is 596. The van der Waals surface area contributed by atoms with Crippen molar-refractivity contribution in [3.63, 3.8) is 0 Å². The third kappa shape index (κ3) is 6.06. The van der Waals surface area contributed by atoms with Crippen molar-refractivity contribution in [1.29, 1.82) is 0 Å². The molecule has 0 saturated carbocycles. The lowest BCUT2D eigenvalue weighted by atomic mass is 10.1. The van der Waals surface area contributed by atoms with Gasteiger partial charge in [0.05, 0.1) is 20.4 Å². The van der Waals surface area contributed by atoms with Crippen LogP contribution in [0.1, 0.15) is 67.2 Å². The quantitative estimate of drug-likeness (QED) is 0.435. The second-order valence-electron chi connectivity index (χ2n) is 9.71. The van der Waals surface area contributed by atoms with Gasteiger partial charge in [-0.2, -0.15) is 0 Å². The van der Waals surface area contributed by atoms with Crippen LogP contribution in [-0.2, 0) is 33.0 Å². The Labute approximate surface area is 181 Å². The molecule has 0 aromatic heterocycles. The Kier molecular flexibility index (Phi) is 8.10. The summed E-state index contributed by atoms with van der Waals surface area (Å²) in [5.74, 6) is -1.36. The first kappa shape index (κ1) is 24.6. The predicted octanol–water partition coefficient (Wildman–Crippen LogP) is 4.36. The lowest BCUT2D eigenvalue weighted by molar-refractivity contribution is -0.235. The molecule has 0 radical (unpaired) electrons. The monoisotopic (exact) mass is 448 g/mol. The van der Waals surface area contributed by atoms with Gasteiger partial charge in [-0.15, -0.1) is 0 Å². The number of ether oxygens (including phenoxy) is 6. The van der Waals surface area contributed by atoms with Gasteiger partial charge < -0.3 is 33.0 Å². The van der Waals surface area contributed by atoms with Gasteiger partial charge in [-0.25, -0.2) is 0 Å². The third-order valence-electron chi connectivity index (χ3n) is 6.07. The third-order valence-corrected chi connectivity index (χ3v) is 9.33. The van der Waals surface area contributed by atoms with Crippen LogP contribution in [0, 0.1) is 0 Å². The molecule has 0 aromatic rings. The van der Waals surface area contributed by atoms with Gasteiger partial charge in [0, 0.05) is 18.5 Å². The van der Waals surface area contributed by atoms with E-state index in [9.17, 15) is 4.57 Å². The molecule has 0 aromatic carbocycles. The Morgan fingerprint density at radius 1 is 0.900 bits per heavy atom. The number of fused-ring (bicyclic) bond motifs is 1. The number of unbranched alkanes of at least 4 members (excludes halogenated alkanes) is 2. The largest absolute Gasteiger partial charge is 0.372 e. The first-order valence-corrected chi connectivity index (χ1v) is 13.9. The highest BCUT2D eigenvalue weighted by Crippen LogP contribution is 2.48. The van der Waals surface area contributed by atoms with Gasteiger partial charge >= 0.3 is 0 Å². The van der Waals surface area contributed by atoms with E-state index in [0.29, 0.717) is 19.4 Å². The summed E-state index contributed by atoms with van der Waals surface area (Å²) in [6, 6.07) is 0. The van der Waals surface area contributed by atoms with Crippen LogP contribution in [0.5, 0.6) is 0 Å². The number of rotatable bonds is 11. The van der Waals surface area contributed by atoms with Crippen molar-refractivity contribution in [1.82, 2.24) is 0 Å². The highest BCUT2D eigenvalue weighted by molar-refractivity contribution is 7.63. The maximum Gasteiger partial charge on any atom is 0.190 e. The number of hydrogen-bond acceptors (Lipinski definition) is 7. The minimum atomic E-state index is -2.22. The lowest BCUT2D eigenvalue weighted by Gasteiger charge is -2.29. The molecule has 30 heavy (non-hydrogen) atoms. The molecular formula is C22H41O7P. The van der Waals surface area contributed by atoms with Crippen molar-refractivity contribution in [2.45, 2.75) is 110 Å². The standard InChI is InChI=1S/C22H41O7P/c1-7-9-12-30(23,13-10-8-2)14-11-24-18-17(16-15-25-21(3,4)27-16)26-20-19(18)28-22(5,6)29-20/h16-20H,7-15H2,1-6H3/t16-,17-,18+,19-,20-/m1/s1. The van der Waals surface area contributed by atoms with Crippen molar-refractivity contribution in [2.24, 2.45) is 0 Å². The summed E-state index contributed by atoms with van der Waals surface area (Å²) in [6.45, 7) is 12.7. The fourth-order valence-corrected chi connectivity index (χ4v) is 7.35. The molecule has 176 valence electrons. The van der Waals surface area contributed by atoms with E-state index in [4.69, 9.17) is 28.4 Å². The second kappa shape index (κ2) is 9.86. The fraction of sp³-hybridized carbons (Fsp3) is 1.00. The maximum atomic E-state index is 13.4. The summed E-state index contributed by atoms with van der Waals surface area (Å²) < 4.78 is 49.8. The van der Waals surface area contributed by atoms with E-state index in [1.165, 1.54) is 0 Å². The molecule has 3 heterocycles. The zero-order chi connectivity index (χ0) is 22.0. The molecule has 0 amide bonds. The predicted molar refractivity (Wildman–Crippen MR) is 115 cm³/mol. The van der Waals surface area contributed by atoms with E-state index in [-0.39, 0.29) is 24.4 Å². The van der Waals surface area contributed by atoms with E-state index in [1.807, 2.05) is 27.7 Å². The summed E-state index contributed by atoms with van der Waals surface area (Å²) in [5, 5.41) is 0. The smallest absolute Gasteiger partial charge is 0.190 e. The van der Waals surface area contributed by atoms with E-state index in [2.05, 4.69) is 13.8 Å². The average molecular weight is 449 g/mol. The highest BCUT2D eigenvalue weighted by atomic mass is 31.2. The normalized spacial score (nSPS) is 35.1. The zero-order valence-corrected chi connectivity index (χ0v) is 20.5. The zero-order valence-electron chi connectivity index (χ0n) is 19.6. The van der Waals surface area contributed by atoms with Gasteiger partial charge in [-0.1, -0.05) is 26.7 Å². The highest BCUT2D eigenvalue weighted by Gasteiger charge is 2.58. The molecule has 0 unspecified atom stereocenters. The van der Waals surface area contributed by atoms with E-state index < -0.39 is 25.0 Å². The van der Waals surface area contributed by atoms with Crippen LogP contribution in [-0.4, -0.2) is 74.0 Å². The summed E-state index contributed by atoms with van der Waals surface area (Å²) in [5.41, 5.74) is 0. The molecular weight excluding hydrogens is 407 g/mol. The molecule has 3 saturated heterocycles. The molecule has 3 fully saturated rings. The molecule has 5 atom stereocenters. The minimum Gasteiger partial charge on any atom is -0.372 e. The van der Waals surface area contributed by atoms with E-state index in [1.54, 1.807) is 0 Å². The van der Waals surface area contributed by atoms with Crippen LogP contribution in [0.15, 0.2) is 0 Å². The first-order chi connectivity index (χ1) is 14.1. The topological polar surface area (TPSA) is 72.5 Å². The van der Waals surface area contributed by atoms with Crippen LogP contribution in [0.3, 0.4) is 0 Å². The van der Waals surface area contributed by atoms with E-state index in [0.717, 1.165) is 38.0 Å². The van der Waals surface area contributed by atoms with Gasteiger partial charge in [0.15, 0.2) is 17.9 Å². The van der Waals surface area contributed by atoms with Crippen LogP contribution in [0.4, 0.5) is 0 Å². The summed E-state index contributed by atoms with van der Waals surface area (Å²) >= 11 is 0. The Morgan fingerprint density at radius 2 is 1.57 bits per heavy atom. The minimum absolute atomic E-state index is 0.252. The summed E-state index contributed by atoms with van der Waals surface area (Å²) in [7, 11) is -2.22. The Hall–Kier alpha value is -0.0100. The number of hydrogen-bond donors (Lipinski definition) is 0. The van der Waals surface area contributed by atoms with Gasteiger partial charge in [0.25, 0.3) is 0 Å². The molecule has 8 heteroatoms. The lowest BCUT2D eigenvalue weighted by Crippen LogP contribution is -2.44. The molecule has 0 N–H and O–H groups in total. The summed E-state index contributed by atoms with van der Waals surface area (Å²) in [4.78, 5) is 0. The maximum absolute atomic E-state index is 13.4. The van der Waals surface area contributed by atoms with Crippen molar-refractivity contribution < 1.29 is 33.0 Å². The molecule has 0 spiro atoms. The first-order valence-electron chi connectivity index (χ1n) is 11.6. The van der Waals surface area contributed by atoms with Crippen LogP contribution < -0.4 is 0 Å². The molecule has 7 nitrogen and oxygen atoms in total. The Morgan fingerprint density at radius 3 is 2.13 bits per heavy atom. The van der Waals surface area contributed by atoms with Crippen LogP contribution >= 0.6 is 7.14 Å². The molecule has 0 bridgehead atoms.